The van der Waals surface area contributed by atoms with Crippen LogP contribution in [0.5, 0.6) is 0 Å². The van der Waals surface area contributed by atoms with Gasteiger partial charge in [0.1, 0.15) is 0 Å². The molecule has 0 radical (unpaired) electrons. The van der Waals surface area contributed by atoms with E-state index in [-0.39, 0.29) is 0 Å². The van der Waals surface area contributed by atoms with Gasteiger partial charge in [0.25, 0.3) is 0 Å². The molecular formula is C37H23NS. The Morgan fingerprint density at radius 3 is 2.15 bits per heavy atom. The lowest BCUT2D eigenvalue weighted by Gasteiger charge is -2.09. The summed E-state index contributed by atoms with van der Waals surface area (Å²) in [6.45, 7) is 0. The molecule has 0 amide bonds. The lowest BCUT2D eigenvalue weighted by molar-refractivity contribution is 1.18. The van der Waals surface area contributed by atoms with Crippen molar-refractivity contribution in [2.75, 3.05) is 0 Å². The van der Waals surface area contributed by atoms with Gasteiger partial charge in [0.05, 0.1) is 11.0 Å². The maximum atomic E-state index is 2.43. The van der Waals surface area contributed by atoms with Gasteiger partial charge < -0.3 is 4.57 Å². The second-order valence-electron chi connectivity index (χ2n) is 10.5. The predicted octanol–water partition coefficient (Wildman–Crippen LogP) is 10.4. The zero-order valence-electron chi connectivity index (χ0n) is 21.2. The number of rotatable bonds is 2. The fraction of sp³-hybridized carbons (Fsp3) is 0.0270. The van der Waals surface area contributed by atoms with Crippen LogP contribution in [0.1, 0.15) is 11.1 Å². The molecular weight excluding hydrogens is 490 g/mol. The van der Waals surface area contributed by atoms with Crippen LogP contribution in [0, 0.1) is 0 Å². The van der Waals surface area contributed by atoms with Crippen molar-refractivity contribution < 1.29 is 0 Å². The van der Waals surface area contributed by atoms with Gasteiger partial charge in [-0.05, 0) is 76.7 Å². The van der Waals surface area contributed by atoms with Crippen molar-refractivity contribution in [1.29, 1.82) is 0 Å². The number of para-hydroxylation sites is 2. The number of hydrogen-bond donors (Lipinski definition) is 0. The number of fused-ring (bicyclic) bond motifs is 10. The SMILES string of the molecule is c1ccc(-n2c3ccccc3c3cc(-c4ccc5c(c4)-c4c(ccc6c4sc4ccccc46)C5)ccc32)cc1. The molecule has 8 aromatic rings. The molecule has 1 aliphatic rings. The summed E-state index contributed by atoms with van der Waals surface area (Å²) in [5.41, 5.74) is 11.9. The number of benzene rings is 6. The average Bonchev–Trinajstić information content (AvgIpc) is 3.66. The average molecular weight is 514 g/mol. The Labute approximate surface area is 230 Å². The van der Waals surface area contributed by atoms with E-state index in [0.717, 1.165) is 6.42 Å². The Morgan fingerprint density at radius 2 is 1.23 bits per heavy atom. The molecule has 2 heterocycles. The zero-order chi connectivity index (χ0) is 25.5. The first kappa shape index (κ1) is 21.3. The van der Waals surface area contributed by atoms with Crippen LogP contribution in [0.3, 0.4) is 0 Å². The summed E-state index contributed by atoms with van der Waals surface area (Å²) < 4.78 is 5.17. The van der Waals surface area contributed by atoms with E-state index in [0.29, 0.717) is 0 Å². The molecule has 0 unspecified atom stereocenters. The van der Waals surface area contributed by atoms with Gasteiger partial charge in [-0.2, -0.15) is 0 Å². The van der Waals surface area contributed by atoms with Crippen molar-refractivity contribution in [2.45, 2.75) is 6.42 Å². The van der Waals surface area contributed by atoms with E-state index in [2.05, 4.69) is 132 Å². The summed E-state index contributed by atoms with van der Waals surface area (Å²) in [4.78, 5) is 0. The number of nitrogens with zero attached hydrogens (tertiary/aromatic N) is 1. The standard InChI is InChI=1S/C37H23NS/c1-2-8-27(9-3-1)38-33-12-6-4-10-28(33)32-22-24(17-19-34(32)38)23-14-15-25-20-26-16-18-30-29-11-5-7-13-35(29)39-37(30)36(26)31(25)21-23/h1-19,21-22H,20H2. The smallest absolute Gasteiger partial charge is 0.0541 e. The molecule has 0 atom stereocenters. The minimum atomic E-state index is 1.01. The van der Waals surface area contributed by atoms with Gasteiger partial charge in [-0.3, -0.25) is 0 Å². The van der Waals surface area contributed by atoms with E-state index < -0.39 is 0 Å². The zero-order valence-corrected chi connectivity index (χ0v) is 22.0. The molecule has 6 aromatic carbocycles. The highest BCUT2D eigenvalue weighted by molar-refractivity contribution is 7.26. The van der Waals surface area contributed by atoms with E-state index in [9.17, 15) is 0 Å². The molecule has 0 bridgehead atoms. The fourth-order valence-corrected chi connectivity index (χ4v) is 7.91. The molecule has 0 saturated heterocycles. The second kappa shape index (κ2) is 7.92. The van der Waals surface area contributed by atoms with Gasteiger partial charge in [-0.15, -0.1) is 11.3 Å². The van der Waals surface area contributed by atoms with Crippen molar-refractivity contribution in [3.63, 3.8) is 0 Å². The summed E-state index contributed by atoms with van der Waals surface area (Å²) in [7, 11) is 0. The summed E-state index contributed by atoms with van der Waals surface area (Å²) in [6.07, 6.45) is 1.01. The molecule has 2 aromatic heterocycles. The van der Waals surface area contributed by atoms with Crippen LogP contribution in [0.15, 0.2) is 127 Å². The minimum Gasteiger partial charge on any atom is -0.309 e. The number of hydrogen-bond acceptors (Lipinski definition) is 1. The maximum absolute atomic E-state index is 2.43. The number of thiophene rings is 1. The normalized spacial score (nSPS) is 12.5. The maximum Gasteiger partial charge on any atom is 0.0541 e. The van der Waals surface area contributed by atoms with Crippen LogP contribution < -0.4 is 0 Å². The van der Waals surface area contributed by atoms with Gasteiger partial charge in [-0.1, -0.05) is 84.9 Å². The number of aromatic nitrogens is 1. The van der Waals surface area contributed by atoms with Gasteiger partial charge in [0.2, 0.25) is 0 Å². The van der Waals surface area contributed by atoms with E-state index in [1.165, 1.54) is 81.0 Å². The van der Waals surface area contributed by atoms with Crippen molar-refractivity contribution in [2.24, 2.45) is 0 Å². The van der Waals surface area contributed by atoms with E-state index in [4.69, 9.17) is 0 Å². The van der Waals surface area contributed by atoms with Crippen molar-refractivity contribution in [3.05, 3.63) is 139 Å². The summed E-state index contributed by atoms with van der Waals surface area (Å²) >= 11 is 1.93. The van der Waals surface area contributed by atoms with Crippen molar-refractivity contribution in [1.82, 2.24) is 4.57 Å². The molecule has 1 nitrogen and oxygen atoms in total. The Balaban J connectivity index is 1.25. The van der Waals surface area contributed by atoms with Gasteiger partial charge in [0.15, 0.2) is 0 Å². The third kappa shape index (κ3) is 3.01. The molecule has 182 valence electrons. The molecule has 1 aliphatic carbocycles. The van der Waals surface area contributed by atoms with Crippen molar-refractivity contribution in [3.8, 4) is 27.9 Å². The van der Waals surface area contributed by atoms with Gasteiger partial charge >= 0.3 is 0 Å². The van der Waals surface area contributed by atoms with E-state index in [1.54, 1.807) is 0 Å². The first-order chi connectivity index (χ1) is 19.3. The Kier molecular flexibility index (Phi) is 4.33. The third-order valence-electron chi connectivity index (χ3n) is 8.41. The largest absolute Gasteiger partial charge is 0.309 e. The lowest BCUT2D eigenvalue weighted by Crippen LogP contribution is -1.92. The molecule has 2 heteroatoms. The van der Waals surface area contributed by atoms with Crippen LogP contribution >= 0.6 is 11.3 Å². The summed E-state index contributed by atoms with van der Waals surface area (Å²) in [6, 6.07) is 47.0. The van der Waals surface area contributed by atoms with Crippen LogP contribution in [0.2, 0.25) is 0 Å². The second-order valence-corrected chi connectivity index (χ2v) is 11.6. The van der Waals surface area contributed by atoms with E-state index in [1.807, 2.05) is 11.3 Å². The van der Waals surface area contributed by atoms with Crippen LogP contribution in [0.4, 0.5) is 0 Å². The van der Waals surface area contributed by atoms with Crippen LogP contribution in [-0.2, 0) is 6.42 Å². The molecule has 9 rings (SSSR count). The monoisotopic (exact) mass is 513 g/mol. The van der Waals surface area contributed by atoms with E-state index >= 15 is 0 Å². The van der Waals surface area contributed by atoms with Crippen LogP contribution in [-0.4, -0.2) is 4.57 Å². The predicted molar refractivity (Wildman–Crippen MR) is 167 cm³/mol. The van der Waals surface area contributed by atoms with Crippen molar-refractivity contribution >= 4 is 53.3 Å². The Hall–Kier alpha value is -4.66. The van der Waals surface area contributed by atoms with Gasteiger partial charge in [-0.25, -0.2) is 0 Å². The highest BCUT2D eigenvalue weighted by Gasteiger charge is 2.23. The lowest BCUT2D eigenvalue weighted by atomic mass is 9.97. The fourth-order valence-electron chi connectivity index (χ4n) is 6.63. The minimum absolute atomic E-state index is 1.01. The summed E-state index contributed by atoms with van der Waals surface area (Å²) in [5, 5.41) is 5.32. The molecule has 0 saturated carbocycles. The molecule has 0 aliphatic heterocycles. The quantitative estimate of drug-likeness (QED) is 0.217. The Bertz CT molecular complexity index is 2250. The van der Waals surface area contributed by atoms with Crippen LogP contribution in [0.25, 0.3) is 69.9 Å². The topological polar surface area (TPSA) is 4.93 Å². The molecule has 39 heavy (non-hydrogen) atoms. The molecule has 0 N–H and O–H groups in total. The highest BCUT2D eigenvalue weighted by Crippen LogP contribution is 2.47. The third-order valence-corrected chi connectivity index (χ3v) is 9.62. The van der Waals surface area contributed by atoms with Gasteiger partial charge in [0, 0.05) is 42.2 Å². The molecule has 0 spiro atoms. The summed E-state index contributed by atoms with van der Waals surface area (Å²) in [5.74, 6) is 0. The first-order valence-electron chi connectivity index (χ1n) is 13.5. The molecule has 0 fully saturated rings. The first-order valence-corrected chi connectivity index (χ1v) is 14.3. The highest BCUT2D eigenvalue weighted by atomic mass is 32.1. The Morgan fingerprint density at radius 1 is 0.513 bits per heavy atom.